The minimum atomic E-state index is -1.11. The van der Waals surface area contributed by atoms with Crippen LogP contribution in [0.3, 0.4) is 0 Å². The number of fused-ring (bicyclic) bond motifs is 1. The van der Waals surface area contributed by atoms with Gasteiger partial charge in [0.2, 0.25) is 0 Å². The van der Waals surface area contributed by atoms with Crippen molar-refractivity contribution >= 4 is 28.5 Å². The summed E-state index contributed by atoms with van der Waals surface area (Å²) in [6.45, 7) is 5.40. The Hall–Kier alpha value is -3.66. The van der Waals surface area contributed by atoms with Gasteiger partial charge in [-0.1, -0.05) is 43.7 Å². The second kappa shape index (κ2) is 10.1. The topological polar surface area (TPSA) is 82.3 Å². The number of rotatable bonds is 7. The van der Waals surface area contributed by atoms with E-state index in [-0.39, 0.29) is 0 Å². The molecule has 32 heavy (non-hydrogen) atoms. The Balaban J connectivity index is 1.63. The van der Waals surface area contributed by atoms with Crippen LogP contribution in [0.25, 0.3) is 11.0 Å². The SMILES string of the molecule is CCCCOC(=O)[C@@H](C#N)c1nc2ccccc2nc1N1CCN(c2ccccc2)CC1. The summed E-state index contributed by atoms with van der Waals surface area (Å²) in [5, 5.41) is 9.85. The second-order valence-corrected chi connectivity index (χ2v) is 7.81. The fourth-order valence-electron chi connectivity index (χ4n) is 3.87. The Bertz CT molecular complexity index is 1100. The first-order valence-electron chi connectivity index (χ1n) is 11.1. The van der Waals surface area contributed by atoms with Gasteiger partial charge in [-0.25, -0.2) is 9.97 Å². The van der Waals surface area contributed by atoms with Crippen LogP contribution in [0.15, 0.2) is 54.6 Å². The number of carbonyl (C=O) groups excluding carboxylic acids is 1. The Labute approximate surface area is 188 Å². The van der Waals surface area contributed by atoms with Gasteiger partial charge in [0.25, 0.3) is 0 Å². The molecule has 3 aromatic rings. The molecular formula is C25H27N5O2. The quantitative estimate of drug-likeness (QED) is 0.416. The lowest BCUT2D eigenvalue weighted by Gasteiger charge is -2.37. The minimum Gasteiger partial charge on any atom is -0.464 e. The van der Waals surface area contributed by atoms with Gasteiger partial charge in [0.1, 0.15) is 5.69 Å². The first-order valence-corrected chi connectivity index (χ1v) is 11.1. The molecule has 1 aliphatic heterocycles. The van der Waals surface area contributed by atoms with Crippen molar-refractivity contribution in [2.24, 2.45) is 0 Å². The molecule has 4 rings (SSSR count). The van der Waals surface area contributed by atoms with Crippen LogP contribution in [0.5, 0.6) is 0 Å². The maximum atomic E-state index is 12.7. The third-order valence-electron chi connectivity index (χ3n) is 5.66. The number of nitriles is 1. The molecular weight excluding hydrogens is 402 g/mol. The molecule has 1 fully saturated rings. The van der Waals surface area contributed by atoms with Crippen molar-refractivity contribution in [3.8, 4) is 6.07 Å². The van der Waals surface area contributed by atoms with E-state index in [9.17, 15) is 10.1 Å². The number of para-hydroxylation sites is 3. The zero-order valence-corrected chi connectivity index (χ0v) is 18.3. The second-order valence-electron chi connectivity index (χ2n) is 7.81. The Morgan fingerprint density at radius 3 is 2.28 bits per heavy atom. The van der Waals surface area contributed by atoms with Gasteiger partial charge in [-0.15, -0.1) is 0 Å². The van der Waals surface area contributed by atoms with Gasteiger partial charge in [0.05, 0.1) is 23.7 Å². The van der Waals surface area contributed by atoms with Gasteiger partial charge in [-0.2, -0.15) is 5.26 Å². The Morgan fingerprint density at radius 2 is 1.62 bits per heavy atom. The minimum absolute atomic E-state index is 0.305. The Kier molecular flexibility index (Phi) is 6.81. The van der Waals surface area contributed by atoms with E-state index in [2.05, 4.69) is 28.0 Å². The van der Waals surface area contributed by atoms with E-state index in [4.69, 9.17) is 14.7 Å². The summed E-state index contributed by atoms with van der Waals surface area (Å²) in [6.07, 6.45) is 1.68. The zero-order chi connectivity index (χ0) is 22.3. The normalized spacial score (nSPS) is 14.8. The van der Waals surface area contributed by atoms with E-state index < -0.39 is 11.9 Å². The highest BCUT2D eigenvalue weighted by atomic mass is 16.5. The third kappa shape index (κ3) is 4.65. The molecule has 0 amide bonds. The smallest absolute Gasteiger partial charge is 0.329 e. The first-order chi connectivity index (χ1) is 15.7. The average molecular weight is 430 g/mol. The van der Waals surface area contributed by atoms with Gasteiger partial charge < -0.3 is 14.5 Å². The fourth-order valence-corrected chi connectivity index (χ4v) is 3.87. The number of esters is 1. The predicted molar refractivity (Wildman–Crippen MR) is 125 cm³/mol. The van der Waals surface area contributed by atoms with Crippen LogP contribution in [-0.2, 0) is 9.53 Å². The molecule has 0 unspecified atom stereocenters. The molecule has 164 valence electrons. The number of hydrogen-bond donors (Lipinski definition) is 0. The van der Waals surface area contributed by atoms with Crippen molar-refractivity contribution in [1.29, 1.82) is 5.26 Å². The summed E-state index contributed by atoms with van der Waals surface area (Å²) in [7, 11) is 0. The first kappa shape index (κ1) is 21.6. The van der Waals surface area contributed by atoms with Crippen molar-refractivity contribution in [2.75, 3.05) is 42.6 Å². The van der Waals surface area contributed by atoms with Gasteiger partial charge >= 0.3 is 5.97 Å². The van der Waals surface area contributed by atoms with Crippen molar-refractivity contribution in [3.63, 3.8) is 0 Å². The van der Waals surface area contributed by atoms with Gasteiger partial charge in [-0.05, 0) is 30.7 Å². The molecule has 7 heteroatoms. The molecule has 0 spiro atoms. The summed E-state index contributed by atoms with van der Waals surface area (Å²) in [5.74, 6) is -1.07. The number of aromatic nitrogens is 2. The van der Waals surface area contributed by atoms with Crippen molar-refractivity contribution in [2.45, 2.75) is 25.7 Å². The third-order valence-corrected chi connectivity index (χ3v) is 5.66. The van der Waals surface area contributed by atoms with Crippen LogP contribution in [0.1, 0.15) is 31.4 Å². The van der Waals surface area contributed by atoms with Gasteiger partial charge in [-0.3, -0.25) is 4.79 Å². The fraction of sp³-hybridized carbons (Fsp3) is 0.360. The lowest BCUT2D eigenvalue weighted by atomic mass is 10.1. The number of piperazine rings is 1. The lowest BCUT2D eigenvalue weighted by Crippen LogP contribution is -2.47. The van der Waals surface area contributed by atoms with Crippen LogP contribution in [0.2, 0.25) is 0 Å². The number of benzene rings is 2. The van der Waals surface area contributed by atoms with Crippen LogP contribution in [0, 0.1) is 11.3 Å². The van der Waals surface area contributed by atoms with E-state index in [0.717, 1.165) is 44.5 Å². The molecule has 0 saturated carbocycles. The average Bonchev–Trinajstić information content (AvgIpc) is 2.85. The zero-order valence-electron chi connectivity index (χ0n) is 18.3. The lowest BCUT2D eigenvalue weighted by molar-refractivity contribution is -0.144. The number of unbranched alkanes of at least 4 members (excludes halogenated alkanes) is 1. The Morgan fingerprint density at radius 1 is 1.00 bits per heavy atom. The molecule has 1 aromatic heterocycles. The molecule has 0 bridgehead atoms. The monoisotopic (exact) mass is 429 g/mol. The van der Waals surface area contributed by atoms with Crippen LogP contribution >= 0.6 is 0 Å². The van der Waals surface area contributed by atoms with Gasteiger partial charge in [0.15, 0.2) is 11.7 Å². The van der Waals surface area contributed by atoms with E-state index in [1.54, 1.807) is 0 Å². The molecule has 0 aliphatic carbocycles. The van der Waals surface area contributed by atoms with E-state index in [1.165, 1.54) is 5.69 Å². The molecule has 1 aliphatic rings. The summed E-state index contributed by atoms with van der Waals surface area (Å²) in [4.78, 5) is 26.7. The highest BCUT2D eigenvalue weighted by Crippen LogP contribution is 2.29. The standard InChI is InChI=1S/C25H27N5O2/c1-2-3-17-32-25(31)20(18-26)23-24(28-22-12-8-7-11-21(22)27-23)30-15-13-29(14-16-30)19-9-5-4-6-10-19/h4-12,20H,2-3,13-17H2,1H3/t20-/m0/s1. The number of carbonyl (C=O) groups is 1. The molecule has 2 heterocycles. The maximum absolute atomic E-state index is 12.7. The molecule has 0 N–H and O–H groups in total. The molecule has 2 aromatic carbocycles. The number of nitrogens with zero attached hydrogens (tertiary/aromatic N) is 5. The van der Waals surface area contributed by atoms with Gasteiger partial charge in [0, 0.05) is 31.9 Å². The van der Waals surface area contributed by atoms with Crippen molar-refractivity contribution in [1.82, 2.24) is 9.97 Å². The van der Waals surface area contributed by atoms with Crippen LogP contribution in [-0.4, -0.2) is 48.7 Å². The maximum Gasteiger partial charge on any atom is 0.329 e. The van der Waals surface area contributed by atoms with E-state index in [1.807, 2.05) is 49.4 Å². The largest absolute Gasteiger partial charge is 0.464 e. The number of ether oxygens (including phenoxy) is 1. The summed E-state index contributed by atoms with van der Waals surface area (Å²) < 4.78 is 5.36. The summed E-state index contributed by atoms with van der Waals surface area (Å²) in [5.41, 5.74) is 2.97. The molecule has 1 saturated heterocycles. The summed E-state index contributed by atoms with van der Waals surface area (Å²) in [6, 6.07) is 19.9. The molecule has 1 atom stereocenters. The molecule has 0 radical (unpaired) electrons. The highest BCUT2D eigenvalue weighted by molar-refractivity contribution is 5.85. The predicted octanol–water partition coefficient (Wildman–Crippen LogP) is 3.91. The molecule has 7 nitrogen and oxygen atoms in total. The van der Waals surface area contributed by atoms with Crippen molar-refractivity contribution in [3.05, 3.63) is 60.3 Å². The number of anilines is 2. The summed E-state index contributed by atoms with van der Waals surface area (Å²) >= 11 is 0. The van der Waals surface area contributed by atoms with Crippen LogP contribution < -0.4 is 9.80 Å². The van der Waals surface area contributed by atoms with E-state index in [0.29, 0.717) is 23.6 Å². The van der Waals surface area contributed by atoms with Crippen LogP contribution in [0.4, 0.5) is 11.5 Å². The highest BCUT2D eigenvalue weighted by Gasteiger charge is 2.31. The number of hydrogen-bond acceptors (Lipinski definition) is 7. The van der Waals surface area contributed by atoms with E-state index >= 15 is 0 Å². The van der Waals surface area contributed by atoms with Crippen molar-refractivity contribution < 1.29 is 9.53 Å².